The minimum atomic E-state index is -4.87. The highest BCUT2D eigenvalue weighted by atomic mass is 19.4. The fourth-order valence-corrected chi connectivity index (χ4v) is 0.720. The second-order valence-corrected chi connectivity index (χ2v) is 3.31. The van der Waals surface area contributed by atoms with Crippen LogP contribution < -0.4 is 5.32 Å². The summed E-state index contributed by atoms with van der Waals surface area (Å²) in [6.45, 7) is 2.55. The number of halogens is 3. The van der Waals surface area contributed by atoms with Crippen molar-refractivity contribution in [1.29, 1.82) is 0 Å². The average molecular weight is 199 g/mol. The SMILES string of the molecule is CC(C)(CCO)NC(=O)C(F)(F)F. The van der Waals surface area contributed by atoms with Crippen molar-refractivity contribution >= 4 is 5.91 Å². The number of alkyl halides is 3. The van der Waals surface area contributed by atoms with Gasteiger partial charge in [0, 0.05) is 12.1 Å². The Balaban J connectivity index is 4.20. The maximum Gasteiger partial charge on any atom is 0.471 e. The van der Waals surface area contributed by atoms with Gasteiger partial charge in [-0.05, 0) is 20.3 Å². The highest BCUT2D eigenvalue weighted by Gasteiger charge is 2.41. The lowest BCUT2D eigenvalue weighted by Gasteiger charge is -2.25. The molecule has 6 heteroatoms. The summed E-state index contributed by atoms with van der Waals surface area (Å²) in [6, 6.07) is 0. The van der Waals surface area contributed by atoms with Crippen LogP contribution in [0, 0.1) is 0 Å². The van der Waals surface area contributed by atoms with E-state index >= 15 is 0 Å². The average Bonchev–Trinajstić information content (AvgIpc) is 1.83. The second-order valence-electron chi connectivity index (χ2n) is 3.31. The standard InChI is InChI=1S/C7H12F3NO2/c1-6(2,3-4-12)11-5(13)7(8,9)10/h12H,3-4H2,1-2H3,(H,11,13). The molecule has 0 radical (unpaired) electrons. The van der Waals surface area contributed by atoms with Crippen molar-refractivity contribution in [3.05, 3.63) is 0 Å². The number of aliphatic hydroxyl groups is 1. The lowest BCUT2D eigenvalue weighted by molar-refractivity contribution is -0.175. The van der Waals surface area contributed by atoms with Crippen LogP contribution in [0.15, 0.2) is 0 Å². The lowest BCUT2D eigenvalue weighted by Crippen LogP contribution is -2.49. The molecule has 0 fully saturated rings. The number of aliphatic hydroxyl groups excluding tert-OH is 1. The largest absolute Gasteiger partial charge is 0.471 e. The number of hydrogen-bond donors (Lipinski definition) is 2. The Hall–Kier alpha value is -0.780. The van der Waals surface area contributed by atoms with Crippen molar-refractivity contribution in [3.63, 3.8) is 0 Å². The van der Waals surface area contributed by atoms with Crippen LogP contribution in [-0.4, -0.2) is 29.3 Å². The van der Waals surface area contributed by atoms with E-state index < -0.39 is 17.6 Å². The molecular weight excluding hydrogens is 187 g/mol. The fraction of sp³-hybridized carbons (Fsp3) is 0.857. The fourth-order valence-electron chi connectivity index (χ4n) is 0.720. The van der Waals surface area contributed by atoms with Gasteiger partial charge in [-0.1, -0.05) is 0 Å². The summed E-state index contributed by atoms with van der Waals surface area (Å²) in [5.41, 5.74) is -1.04. The van der Waals surface area contributed by atoms with E-state index in [-0.39, 0.29) is 13.0 Å². The molecule has 0 unspecified atom stereocenters. The topological polar surface area (TPSA) is 49.3 Å². The number of nitrogens with one attached hydrogen (secondary N) is 1. The van der Waals surface area contributed by atoms with E-state index in [9.17, 15) is 18.0 Å². The van der Waals surface area contributed by atoms with Crippen LogP contribution >= 0.6 is 0 Å². The van der Waals surface area contributed by atoms with Crippen molar-refractivity contribution in [3.8, 4) is 0 Å². The molecule has 0 heterocycles. The number of hydrogen-bond acceptors (Lipinski definition) is 2. The van der Waals surface area contributed by atoms with E-state index in [4.69, 9.17) is 5.11 Å². The second kappa shape index (κ2) is 3.95. The van der Waals surface area contributed by atoms with Gasteiger partial charge in [0.2, 0.25) is 0 Å². The summed E-state index contributed by atoms with van der Waals surface area (Å²) in [6.07, 6.45) is -4.79. The first-order valence-corrected chi connectivity index (χ1v) is 3.69. The molecular formula is C7H12F3NO2. The van der Waals surface area contributed by atoms with Gasteiger partial charge >= 0.3 is 12.1 Å². The third kappa shape index (κ3) is 4.72. The van der Waals surface area contributed by atoms with Crippen molar-refractivity contribution in [1.82, 2.24) is 5.32 Å². The van der Waals surface area contributed by atoms with Crippen LogP contribution in [0.3, 0.4) is 0 Å². The van der Waals surface area contributed by atoms with Crippen molar-refractivity contribution in [2.75, 3.05) is 6.61 Å². The molecule has 0 rings (SSSR count). The molecule has 0 aromatic carbocycles. The highest BCUT2D eigenvalue weighted by Crippen LogP contribution is 2.17. The van der Waals surface area contributed by atoms with Crippen LogP contribution in [0.4, 0.5) is 13.2 Å². The monoisotopic (exact) mass is 199 g/mol. The van der Waals surface area contributed by atoms with E-state index in [1.54, 1.807) is 5.32 Å². The third-order valence-corrected chi connectivity index (χ3v) is 1.45. The maximum absolute atomic E-state index is 11.7. The zero-order valence-electron chi connectivity index (χ0n) is 7.40. The zero-order chi connectivity index (χ0) is 10.7. The first-order chi connectivity index (χ1) is 5.69. The van der Waals surface area contributed by atoms with Crippen molar-refractivity contribution in [2.45, 2.75) is 32.0 Å². The Morgan fingerprint density at radius 2 is 1.85 bits per heavy atom. The molecule has 0 saturated carbocycles. The quantitative estimate of drug-likeness (QED) is 0.707. The number of rotatable bonds is 3. The number of carbonyl (C=O) groups excluding carboxylic acids is 1. The molecule has 3 nitrogen and oxygen atoms in total. The Bertz CT molecular complexity index is 189. The Kier molecular flexibility index (Phi) is 3.71. The normalized spacial score (nSPS) is 12.8. The molecule has 13 heavy (non-hydrogen) atoms. The van der Waals surface area contributed by atoms with E-state index in [0.717, 1.165) is 0 Å². The van der Waals surface area contributed by atoms with E-state index in [1.807, 2.05) is 0 Å². The predicted molar refractivity (Wildman–Crippen MR) is 40.0 cm³/mol. The van der Waals surface area contributed by atoms with Gasteiger partial charge in [-0.25, -0.2) is 0 Å². The van der Waals surface area contributed by atoms with Crippen LogP contribution in [0.25, 0.3) is 0 Å². The molecule has 0 bridgehead atoms. The molecule has 2 N–H and O–H groups in total. The van der Waals surface area contributed by atoms with E-state index in [2.05, 4.69) is 0 Å². The van der Waals surface area contributed by atoms with Gasteiger partial charge in [-0.2, -0.15) is 13.2 Å². The Morgan fingerprint density at radius 1 is 1.38 bits per heavy atom. The van der Waals surface area contributed by atoms with Crippen LogP contribution in [0.2, 0.25) is 0 Å². The smallest absolute Gasteiger partial charge is 0.396 e. The van der Waals surface area contributed by atoms with Gasteiger partial charge in [-0.3, -0.25) is 4.79 Å². The number of carbonyl (C=O) groups is 1. The Morgan fingerprint density at radius 3 is 2.15 bits per heavy atom. The minimum Gasteiger partial charge on any atom is -0.396 e. The molecule has 0 aromatic heterocycles. The zero-order valence-corrected chi connectivity index (χ0v) is 7.40. The molecule has 0 aromatic rings. The first-order valence-electron chi connectivity index (χ1n) is 3.69. The molecule has 0 atom stereocenters. The molecule has 0 aliphatic heterocycles. The maximum atomic E-state index is 11.7. The summed E-state index contributed by atoms with van der Waals surface area (Å²) in [5, 5.41) is 10.3. The highest BCUT2D eigenvalue weighted by molar-refractivity contribution is 5.82. The van der Waals surface area contributed by atoms with Crippen molar-refractivity contribution < 1.29 is 23.1 Å². The summed E-state index contributed by atoms with van der Waals surface area (Å²) in [5.74, 6) is -1.98. The van der Waals surface area contributed by atoms with Gasteiger partial charge in [0.15, 0.2) is 0 Å². The van der Waals surface area contributed by atoms with Gasteiger partial charge in [0.1, 0.15) is 0 Å². The van der Waals surface area contributed by atoms with Gasteiger partial charge in [-0.15, -0.1) is 0 Å². The summed E-state index contributed by atoms with van der Waals surface area (Å²) in [4.78, 5) is 10.4. The van der Waals surface area contributed by atoms with Crippen molar-refractivity contribution in [2.24, 2.45) is 0 Å². The molecule has 78 valence electrons. The van der Waals surface area contributed by atoms with Crippen LogP contribution in [0.1, 0.15) is 20.3 Å². The van der Waals surface area contributed by atoms with Gasteiger partial charge in [0.05, 0.1) is 0 Å². The Labute approximate surface area is 73.9 Å². The minimum absolute atomic E-state index is 0.0782. The van der Waals surface area contributed by atoms with Gasteiger partial charge < -0.3 is 10.4 Å². The molecule has 0 saturated heterocycles. The van der Waals surface area contributed by atoms with Gasteiger partial charge in [0.25, 0.3) is 0 Å². The van der Waals surface area contributed by atoms with E-state index in [1.165, 1.54) is 13.8 Å². The molecule has 0 aliphatic carbocycles. The van der Waals surface area contributed by atoms with Crippen LogP contribution in [-0.2, 0) is 4.79 Å². The molecule has 0 spiro atoms. The summed E-state index contributed by atoms with van der Waals surface area (Å²) >= 11 is 0. The summed E-state index contributed by atoms with van der Waals surface area (Å²) in [7, 11) is 0. The molecule has 0 aliphatic rings. The number of amides is 1. The first kappa shape index (κ1) is 12.2. The third-order valence-electron chi connectivity index (χ3n) is 1.45. The molecule has 1 amide bonds. The predicted octanol–water partition coefficient (Wildman–Crippen LogP) is 0.826. The summed E-state index contributed by atoms with van der Waals surface area (Å²) < 4.78 is 35.2. The van der Waals surface area contributed by atoms with E-state index in [0.29, 0.717) is 0 Å². The van der Waals surface area contributed by atoms with Crippen LogP contribution in [0.5, 0.6) is 0 Å². The lowest BCUT2D eigenvalue weighted by atomic mass is 10.0.